The van der Waals surface area contributed by atoms with Crippen LogP contribution in [0.1, 0.15) is 26.3 Å². The van der Waals surface area contributed by atoms with Crippen LogP contribution in [0.25, 0.3) is 0 Å². The highest BCUT2D eigenvalue weighted by Gasteiger charge is 2.20. The first kappa shape index (κ1) is 15.5. The van der Waals surface area contributed by atoms with E-state index in [1.807, 2.05) is 0 Å². The highest BCUT2D eigenvalue weighted by molar-refractivity contribution is 6.50. The smallest absolute Gasteiger partial charge is 0.407 e. The van der Waals surface area contributed by atoms with Crippen molar-refractivity contribution >= 4 is 19.0 Å². The number of hydrogen-bond acceptors (Lipinski definition) is 5. The average Bonchev–Trinajstić information content (AvgIpc) is 2.80. The van der Waals surface area contributed by atoms with Gasteiger partial charge in [-0.1, -0.05) is 0 Å². The molecule has 2 N–H and O–H groups in total. The lowest BCUT2D eigenvalue weighted by molar-refractivity contribution is 0.0520. The first-order valence-electron chi connectivity index (χ1n) is 6.87. The van der Waals surface area contributed by atoms with Gasteiger partial charge in [0.2, 0.25) is 0 Å². The maximum Gasteiger partial charge on any atom is 0.407 e. The summed E-state index contributed by atoms with van der Waals surface area (Å²) in [6, 6.07) is 3.23. The van der Waals surface area contributed by atoms with Crippen LogP contribution in [-0.2, 0) is 16.0 Å². The number of phenols is 1. The number of ether oxygens (including phenoxy) is 2. The summed E-state index contributed by atoms with van der Waals surface area (Å²) in [6.07, 6.45) is -0.476. The molecule has 1 aliphatic heterocycles. The fourth-order valence-corrected chi connectivity index (χ4v) is 2.00. The van der Waals surface area contributed by atoms with E-state index in [0.717, 1.165) is 11.0 Å². The summed E-state index contributed by atoms with van der Waals surface area (Å²) < 4.78 is 16.0. The minimum absolute atomic E-state index is 0.148. The van der Waals surface area contributed by atoms with Crippen molar-refractivity contribution in [2.75, 3.05) is 13.2 Å². The number of rotatable bonds is 4. The van der Waals surface area contributed by atoms with Gasteiger partial charge in [0.15, 0.2) is 0 Å². The number of nitrogens with one attached hydrogen (secondary N) is 1. The number of fused-ring (bicyclic) bond motifs is 1. The predicted octanol–water partition coefficient (Wildman–Crippen LogP) is 0.803. The summed E-state index contributed by atoms with van der Waals surface area (Å²) in [5, 5.41) is 12.2. The normalized spacial score (nSPS) is 13.3. The topological polar surface area (TPSA) is 77.0 Å². The molecule has 0 aliphatic carbocycles. The van der Waals surface area contributed by atoms with Crippen LogP contribution in [0.3, 0.4) is 0 Å². The molecule has 114 valence electrons. The van der Waals surface area contributed by atoms with Crippen LogP contribution < -0.4 is 15.5 Å². The van der Waals surface area contributed by atoms with Gasteiger partial charge in [-0.3, -0.25) is 0 Å². The van der Waals surface area contributed by atoms with Gasteiger partial charge >= 0.3 is 13.6 Å². The van der Waals surface area contributed by atoms with Gasteiger partial charge in [0.05, 0.1) is 13.2 Å². The summed E-state index contributed by atoms with van der Waals surface area (Å²) in [4.78, 5) is 11.5. The molecule has 0 bridgehead atoms. The van der Waals surface area contributed by atoms with Crippen LogP contribution in [0, 0.1) is 0 Å². The molecule has 1 amide bonds. The van der Waals surface area contributed by atoms with Crippen molar-refractivity contribution in [1.29, 1.82) is 0 Å². The molecule has 1 aliphatic rings. The standard InChI is InChI=1S/C14H20BNO5/c1-14(2,3)21-13(18)16-4-5-19-11-7-10(17)6-9-8-20-15-12(9)11/h6-7,15,17H,4-5,8H2,1-3H3,(H,16,18). The van der Waals surface area contributed by atoms with Crippen LogP contribution in [0.15, 0.2) is 12.1 Å². The molecule has 0 unspecified atom stereocenters. The van der Waals surface area contributed by atoms with E-state index in [9.17, 15) is 9.90 Å². The van der Waals surface area contributed by atoms with Crippen molar-refractivity contribution in [1.82, 2.24) is 5.32 Å². The predicted molar refractivity (Wildman–Crippen MR) is 79.4 cm³/mol. The zero-order chi connectivity index (χ0) is 15.5. The maximum absolute atomic E-state index is 11.5. The summed E-state index contributed by atoms with van der Waals surface area (Å²) in [7, 11) is 0.477. The second-order valence-corrected chi connectivity index (χ2v) is 5.85. The van der Waals surface area contributed by atoms with Crippen LogP contribution in [-0.4, -0.2) is 37.4 Å². The fraction of sp³-hybridized carbons (Fsp3) is 0.500. The summed E-state index contributed by atoms with van der Waals surface area (Å²) in [5.74, 6) is 0.739. The van der Waals surface area contributed by atoms with E-state index in [1.165, 1.54) is 0 Å². The van der Waals surface area contributed by atoms with E-state index in [-0.39, 0.29) is 12.4 Å². The minimum Gasteiger partial charge on any atom is -0.508 e. The van der Waals surface area contributed by atoms with Crippen molar-refractivity contribution in [3.05, 3.63) is 17.7 Å². The Morgan fingerprint density at radius 2 is 2.24 bits per heavy atom. The molecule has 1 aromatic rings. The first-order valence-corrected chi connectivity index (χ1v) is 6.87. The third-order valence-corrected chi connectivity index (χ3v) is 2.82. The number of hydrogen-bond donors (Lipinski definition) is 2. The maximum atomic E-state index is 11.5. The lowest BCUT2D eigenvalue weighted by Crippen LogP contribution is -2.35. The third-order valence-electron chi connectivity index (χ3n) is 2.82. The molecule has 0 saturated carbocycles. The van der Waals surface area contributed by atoms with Gasteiger partial charge in [-0.25, -0.2) is 4.79 Å². The third kappa shape index (κ3) is 4.56. The molecule has 0 atom stereocenters. The van der Waals surface area contributed by atoms with Crippen LogP contribution in [0.2, 0.25) is 0 Å². The number of phenolic OH excluding ortho intramolecular Hbond substituents is 1. The van der Waals surface area contributed by atoms with Gasteiger partial charge in [0.1, 0.15) is 23.7 Å². The van der Waals surface area contributed by atoms with Gasteiger partial charge in [0, 0.05) is 6.07 Å². The van der Waals surface area contributed by atoms with E-state index in [4.69, 9.17) is 14.1 Å². The van der Waals surface area contributed by atoms with Gasteiger partial charge in [-0.05, 0) is 37.9 Å². The molecule has 0 radical (unpaired) electrons. The SMILES string of the molecule is CC(C)(C)OC(=O)NCCOc1cc(O)cc2c1BOC2. The summed E-state index contributed by atoms with van der Waals surface area (Å²) in [5.41, 5.74) is 1.36. The molecule has 1 aromatic carbocycles. The van der Waals surface area contributed by atoms with Gasteiger partial charge < -0.3 is 24.6 Å². The molecule has 0 spiro atoms. The summed E-state index contributed by atoms with van der Waals surface area (Å²) >= 11 is 0. The van der Waals surface area contributed by atoms with Crippen LogP contribution >= 0.6 is 0 Å². The average molecular weight is 293 g/mol. The molecule has 0 aromatic heterocycles. The highest BCUT2D eigenvalue weighted by atomic mass is 16.6. The Bertz CT molecular complexity index is 527. The largest absolute Gasteiger partial charge is 0.508 e. The zero-order valence-electron chi connectivity index (χ0n) is 12.6. The molecule has 2 rings (SSSR count). The Morgan fingerprint density at radius 3 is 2.95 bits per heavy atom. The highest BCUT2D eigenvalue weighted by Crippen LogP contribution is 2.22. The van der Waals surface area contributed by atoms with Gasteiger partial charge in [0.25, 0.3) is 0 Å². The van der Waals surface area contributed by atoms with Crippen LogP contribution in [0.4, 0.5) is 4.79 Å². The number of benzene rings is 1. The van der Waals surface area contributed by atoms with Crippen molar-refractivity contribution in [2.24, 2.45) is 0 Å². The molecule has 0 fully saturated rings. The molecule has 7 heteroatoms. The Hall–Kier alpha value is -1.89. The monoisotopic (exact) mass is 293 g/mol. The zero-order valence-corrected chi connectivity index (χ0v) is 12.6. The fourth-order valence-electron chi connectivity index (χ4n) is 2.00. The van der Waals surface area contributed by atoms with E-state index >= 15 is 0 Å². The lowest BCUT2D eigenvalue weighted by Gasteiger charge is -2.19. The second-order valence-electron chi connectivity index (χ2n) is 5.85. The van der Waals surface area contributed by atoms with Crippen molar-refractivity contribution in [3.63, 3.8) is 0 Å². The first-order chi connectivity index (χ1) is 9.85. The lowest BCUT2D eigenvalue weighted by atomic mass is 9.86. The van der Waals surface area contributed by atoms with E-state index < -0.39 is 11.7 Å². The van der Waals surface area contributed by atoms with E-state index in [2.05, 4.69) is 5.32 Å². The van der Waals surface area contributed by atoms with Gasteiger partial charge in [-0.2, -0.15) is 0 Å². The molecule has 0 saturated heterocycles. The Kier molecular flexibility index (Phi) is 4.62. The van der Waals surface area contributed by atoms with E-state index in [0.29, 0.717) is 26.4 Å². The quantitative estimate of drug-likeness (QED) is 0.634. The minimum atomic E-state index is -0.520. The second kappa shape index (κ2) is 6.26. The number of carbonyl (C=O) groups excluding carboxylic acids is 1. The van der Waals surface area contributed by atoms with Crippen molar-refractivity contribution < 1.29 is 24.0 Å². The Labute approximate surface area is 124 Å². The molecular formula is C14H20BNO5. The molecule has 1 heterocycles. The molecule has 21 heavy (non-hydrogen) atoms. The summed E-state index contributed by atoms with van der Waals surface area (Å²) in [6.45, 7) is 6.50. The number of aromatic hydroxyl groups is 1. The van der Waals surface area contributed by atoms with Crippen LogP contribution in [0.5, 0.6) is 11.5 Å². The van der Waals surface area contributed by atoms with Crippen molar-refractivity contribution in [3.8, 4) is 11.5 Å². The Morgan fingerprint density at radius 1 is 1.48 bits per heavy atom. The Balaban J connectivity index is 1.81. The van der Waals surface area contributed by atoms with Gasteiger partial charge in [-0.15, -0.1) is 0 Å². The number of amides is 1. The van der Waals surface area contributed by atoms with E-state index in [1.54, 1.807) is 32.9 Å². The molecular weight excluding hydrogens is 273 g/mol. The van der Waals surface area contributed by atoms with Crippen molar-refractivity contribution in [2.45, 2.75) is 33.0 Å². The molecule has 6 nitrogen and oxygen atoms in total. The number of carbonyl (C=O) groups is 1. The number of alkyl carbamates (subject to hydrolysis) is 1.